The molecule has 4 nitrogen and oxygen atoms in total. The van der Waals surface area contributed by atoms with Crippen LogP contribution in [0.5, 0.6) is 0 Å². The first-order valence-electron chi connectivity index (χ1n) is 5.37. The first-order chi connectivity index (χ1) is 7.91. The standard InChI is InChI=1S/C12H16O4S/c1-4-16-12(13)10(3)17(14,15)11-8-6-5-7-9(11)2/h5-8,10H,4H2,1-3H3. The number of ether oxygens (including phenoxy) is 1. The van der Waals surface area contributed by atoms with Gasteiger partial charge in [0.2, 0.25) is 0 Å². The third-order valence-corrected chi connectivity index (χ3v) is 4.68. The lowest BCUT2D eigenvalue weighted by Crippen LogP contribution is -2.29. The normalized spacial score (nSPS) is 13.1. The van der Waals surface area contributed by atoms with Crippen LogP contribution in [0.2, 0.25) is 0 Å². The number of carbonyl (C=O) groups excluding carboxylic acids is 1. The Morgan fingerprint density at radius 3 is 2.47 bits per heavy atom. The van der Waals surface area contributed by atoms with Gasteiger partial charge in [-0.25, -0.2) is 8.42 Å². The molecule has 0 aliphatic carbocycles. The van der Waals surface area contributed by atoms with Gasteiger partial charge >= 0.3 is 5.97 Å². The highest BCUT2D eigenvalue weighted by molar-refractivity contribution is 7.92. The van der Waals surface area contributed by atoms with Crippen molar-refractivity contribution in [1.82, 2.24) is 0 Å². The summed E-state index contributed by atoms with van der Waals surface area (Å²) in [5.41, 5.74) is 0.628. The van der Waals surface area contributed by atoms with Crippen molar-refractivity contribution in [3.05, 3.63) is 29.8 Å². The molecule has 0 saturated carbocycles. The molecule has 17 heavy (non-hydrogen) atoms. The van der Waals surface area contributed by atoms with Crippen molar-refractivity contribution in [2.24, 2.45) is 0 Å². The summed E-state index contributed by atoms with van der Waals surface area (Å²) in [6.07, 6.45) is 0. The summed E-state index contributed by atoms with van der Waals surface area (Å²) >= 11 is 0. The Kier molecular flexibility index (Phi) is 4.28. The topological polar surface area (TPSA) is 60.4 Å². The quantitative estimate of drug-likeness (QED) is 0.770. The van der Waals surface area contributed by atoms with Crippen molar-refractivity contribution in [3.8, 4) is 0 Å². The second-order valence-electron chi connectivity index (χ2n) is 3.70. The third-order valence-electron chi connectivity index (χ3n) is 2.48. The van der Waals surface area contributed by atoms with Crippen molar-refractivity contribution in [1.29, 1.82) is 0 Å². The highest BCUT2D eigenvalue weighted by Crippen LogP contribution is 2.20. The van der Waals surface area contributed by atoms with Gasteiger partial charge in [-0.1, -0.05) is 18.2 Å². The molecule has 0 radical (unpaired) electrons. The summed E-state index contributed by atoms with van der Waals surface area (Å²) in [5.74, 6) is -0.712. The second kappa shape index (κ2) is 5.31. The zero-order chi connectivity index (χ0) is 13.1. The molecule has 0 bridgehead atoms. The number of esters is 1. The lowest BCUT2D eigenvalue weighted by Gasteiger charge is -2.13. The van der Waals surface area contributed by atoms with Crippen LogP contribution in [0.1, 0.15) is 19.4 Å². The number of benzene rings is 1. The fourth-order valence-electron chi connectivity index (χ4n) is 1.45. The van der Waals surface area contributed by atoms with Crippen LogP contribution in [0.4, 0.5) is 0 Å². The van der Waals surface area contributed by atoms with Gasteiger partial charge in [0, 0.05) is 0 Å². The predicted octanol–water partition coefficient (Wildman–Crippen LogP) is 1.72. The Morgan fingerprint density at radius 1 is 1.35 bits per heavy atom. The van der Waals surface area contributed by atoms with Gasteiger partial charge in [0.25, 0.3) is 0 Å². The van der Waals surface area contributed by atoms with E-state index in [1.165, 1.54) is 13.0 Å². The summed E-state index contributed by atoms with van der Waals surface area (Å²) in [6.45, 7) is 4.86. The van der Waals surface area contributed by atoms with Crippen LogP contribution in [0.25, 0.3) is 0 Å². The molecule has 0 amide bonds. The van der Waals surface area contributed by atoms with Crippen molar-refractivity contribution >= 4 is 15.8 Å². The van der Waals surface area contributed by atoms with Crippen LogP contribution >= 0.6 is 0 Å². The van der Waals surface area contributed by atoms with Gasteiger partial charge in [0.05, 0.1) is 11.5 Å². The van der Waals surface area contributed by atoms with E-state index >= 15 is 0 Å². The highest BCUT2D eigenvalue weighted by atomic mass is 32.2. The molecule has 1 unspecified atom stereocenters. The molecule has 5 heteroatoms. The number of carbonyl (C=O) groups is 1. The summed E-state index contributed by atoms with van der Waals surface area (Å²) in [6, 6.07) is 6.59. The van der Waals surface area contributed by atoms with Crippen LogP contribution in [-0.4, -0.2) is 26.2 Å². The average molecular weight is 256 g/mol. The van der Waals surface area contributed by atoms with E-state index in [1.54, 1.807) is 32.0 Å². The molecule has 0 saturated heterocycles. The summed E-state index contributed by atoms with van der Waals surface area (Å²) in [5, 5.41) is -1.18. The molecule has 0 heterocycles. The smallest absolute Gasteiger partial charge is 0.324 e. The van der Waals surface area contributed by atoms with Gasteiger partial charge in [-0.05, 0) is 32.4 Å². The zero-order valence-corrected chi connectivity index (χ0v) is 11.0. The van der Waals surface area contributed by atoms with Gasteiger partial charge in [-0.15, -0.1) is 0 Å². The van der Waals surface area contributed by atoms with E-state index in [0.717, 1.165) is 0 Å². The Morgan fingerprint density at radius 2 is 1.94 bits per heavy atom. The molecular weight excluding hydrogens is 240 g/mol. The van der Waals surface area contributed by atoms with Crippen LogP contribution in [-0.2, 0) is 19.4 Å². The first-order valence-corrected chi connectivity index (χ1v) is 6.92. The lowest BCUT2D eigenvalue weighted by atomic mass is 10.2. The lowest BCUT2D eigenvalue weighted by molar-refractivity contribution is -0.142. The fourth-order valence-corrected chi connectivity index (χ4v) is 2.94. The maximum atomic E-state index is 12.2. The van der Waals surface area contributed by atoms with Gasteiger partial charge in [-0.3, -0.25) is 4.79 Å². The van der Waals surface area contributed by atoms with Gasteiger partial charge in [0.15, 0.2) is 15.1 Å². The second-order valence-corrected chi connectivity index (χ2v) is 5.94. The van der Waals surface area contributed by atoms with E-state index < -0.39 is 21.1 Å². The minimum absolute atomic E-state index is 0.173. The zero-order valence-electron chi connectivity index (χ0n) is 10.1. The minimum atomic E-state index is -3.67. The van der Waals surface area contributed by atoms with E-state index in [9.17, 15) is 13.2 Å². The van der Waals surface area contributed by atoms with Crippen molar-refractivity contribution in [3.63, 3.8) is 0 Å². The fraction of sp³-hybridized carbons (Fsp3) is 0.417. The monoisotopic (exact) mass is 256 g/mol. The Balaban J connectivity index is 3.12. The average Bonchev–Trinajstić information content (AvgIpc) is 2.28. The Bertz CT molecular complexity index is 505. The third kappa shape index (κ3) is 2.85. The van der Waals surface area contributed by atoms with E-state index in [1.807, 2.05) is 0 Å². The van der Waals surface area contributed by atoms with Crippen LogP contribution in [0.15, 0.2) is 29.2 Å². The summed E-state index contributed by atoms with van der Waals surface area (Å²) in [7, 11) is -3.67. The maximum absolute atomic E-state index is 12.2. The molecule has 1 aromatic carbocycles. The summed E-state index contributed by atoms with van der Waals surface area (Å²) in [4.78, 5) is 11.7. The molecule has 0 N–H and O–H groups in total. The SMILES string of the molecule is CCOC(=O)C(C)S(=O)(=O)c1ccccc1C. The molecule has 1 atom stereocenters. The number of rotatable bonds is 4. The Hall–Kier alpha value is -1.36. The first kappa shape index (κ1) is 13.7. The molecule has 0 fully saturated rings. The highest BCUT2D eigenvalue weighted by Gasteiger charge is 2.31. The van der Waals surface area contributed by atoms with E-state index in [0.29, 0.717) is 5.56 Å². The van der Waals surface area contributed by atoms with Crippen LogP contribution in [0.3, 0.4) is 0 Å². The molecule has 0 aliphatic rings. The summed E-state index contributed by atoms with van der Waals surface area (Å²) < 4.78 is 29.1. The minimum Gasteiger partial charge on any atom is -0.465 e. The predicted molar refractivity (Wildman–Crippen MR) is 64.5 cm³/mol. The molecule has 1 aromatic rings. The Labute approximate surface area is 102 Å². The van der Waals surface area contributed by atoms with Gasteiger partial charge < -0.3 is 4.74 Å². The van der Waals surface area contributed by atoms with Crippen molar-refractivity contribution in [2.75, 3.05) is 6.61 Å². The van der Waals surface area contributed by atoms with Crippen molar-refractivity contribution in [2.45, 2.75) is 30.9 Å². The van der Waals surface area contributed by atoms with Crippen LogP contribution < -0.4 is 0 Å². The molecule has 0 aromatic heterocycles. The molecule has 1 rings (SSSR count). The van der Waals surface area contributed by atoms with Gasteiger partial charge in [0.1, 0.15) is 0 Å². The number of hydrogen-bond acceptors (Lipinski definition) is 4. The van der Waals surface area contributed by atoms with E-state index in [-0.39, 0.29) is 11.5 Å². The number of aryl methyl sites for hydroxylation is 1. The van der Waals surface area contributed by atoms with E-state index in [2.05, 4.69) is 0 Å². The number of sulfone groups is 1. The number of hydrogen-bond donors (Lipinski definition) is 0. The van der Waals surface area contributed by atoms with Crippen molar-refractivity contribution < 1.29 is 17.9 Å². The molecular formula is C12H16O4S. The molecule has 0 spiro atoms. The van der Waals surface area contributed by atoms with E-state index in [4.69, 9.17) is 4.74 Å². The van der Waals surface area contributed by atoms with Crippen LogP contribution in [0, 0.1) is 6.92 Å². The maximum Gasteiger partial charge on any atom is 0.324 e. The largest absolute Gasteiger partial charge is 0.465 e. The van der Waals surface area contributed by atoms with Gasteiger partial charge in [-0.2, -0.15) is 0 Å². The molecule has 94 valence electrons. The molecule has 0 aliphatic heterocycles.